The maximum absolute atomic E-state index is 12.6. The highest BCUT2D eigenvalue weighted by Gasteiger charge is 2.16. The molecule has 3 aromatic carbocycles. The van der Waals surface area contributed by atoms with Crippen LogP contribution in [0.5, 0.6) is 0 Å². The summed E-state index contributed by atoms with van der Waals surface area (Å²) >= 11 is 0. The second-order valence-corrected chi connectivity index (χ2v) is 5.85. The van der Waals surface area contributed by atoms with E-state index in [-0.39, 0.29) is 5.76 Å². The lowest BCUT2D eigenvalue weighted by Crippen LogP contribution is -2.10. The molecule has 0 aliphatic rings. The van der Waals surface area contributed by atoms with Crippen LogP contribution < -0.4 is 5.76 Å². The lowest BCUT2D eigenvalue weighted by Gasteiger charge is -2.06. The van der Waals surface area contributed by atoms with Crippen molar-refractivity contribution < 1.29 is 4.42 Å². The first kappa shape index (κ1) is 12.5. The smallest absolute Gasteiger partial charge is 0.409 e. The quantitative estimate of drug-likeness (QED) is 0.390. The van der Waals surface area contributed by atoms with Crippen LogP contribution >= 0.6 is 0 Å². The lowest BCUT2D eigenvalue weighted by molar-refractivity contribution is 0.526. The number of aromatic nitrogens is 1. The molecule has 3 heteroatoms. The molecule has 0 fully saturated rings. The first-order valence-electron chi connectivity index (χ1n) is 7.60. The first-order chi connectivity index (χ1) is 11.3. The highest BCUT2D eigenvalue weighted by atomic mass is 16.4. The van der Waals surface area contributed by atoms with Crippen molar-refractivity contribution in [3.63, 3.8) is 0 Å². The standard InChI is InChI=1S/C20H13NO2/c1-12-14-7-4-5-9-16(14)21-19(12)18-15-8-3-2-6-13(15)10-11-17(18)23-20(21)22/h2-11H,1H3. The van der Waals surface area contributed by atoms with Gasteiger partial charge in [-0.1, -0.05) is 48.5 Å². The highest BCUT2D eigenvalue weighted by molar-refractivity contribution is 6.16. The van der Waals surface area contributed by atoms with Crippen molar-refractivity contribution in [2.75, 3.05) is 0 Å². The average molecular weight is 299 g/mol. The Morgan fingerprint density at radius 1 is 0.870 bits per heavy atom. The largest absolute Gasteiger partial charge is 0.424 e. The van der Waals surface area contributed by atoms with Crippen LogP contribution in [0.15, 0.2) is 69.9 Å². The number of hydrogen-bond donors (Lipinski definition) is 0. The van der Waals surface area contributed by atoms with Crippen LogP contribution in [0.3, 0.4) is 0 Å². The predicted molar refractivity (Wildman–Crippen MR) is 93.2 cm³/mol. The van der Waals surface area contributed by atoms with Crippen molar-refractivity contribution in [1.82, 2.24) is 4.40 Å². The third-order valence-electron chi connectivity index (χ3n) is 4.64. The van der Waals surface area contributed by atoms with Crippen molar-refractivity contribution in [2.24, 2.45) is 0 Å². The van der Waals surface area contributed by atoms with Crippen LogP contribution in [-0.2, 0) is 0 Å². The Morgan fingerprint density at radius 3 is 2.48 bits per heavy atom. The molecular formula is C20H13NO2. The van der Waals surface area contributed by atoms with Crippen LogP contribution in [-0.4, -0.2) is 4.40 Å². The fourth-order valence-electron chi connectivity index (χ4n) is 3.61. The van der Waals surface area contributed by atoms with E-state index in [4.69, 9.17) is 4.42 Å². The summed E-state index contributed by atoms with van der Waals surface area (Å²) in [6.07, 6.45) is 0. The van der Waals surface area contributed by atoms with Crippen molar-refractivity contribution >= 4 is 38.2 Å². The second kappa shape index (κ2) is 4.23. The van der Waals surface area contributed by atoms with Gasteiger partial charge in [0.2, 0.25) is 0 Å². The molecule has 0 unspecified atom stereocenters. The maximum Gasteiger partial charge on any atom is 0.424 e. The molecule has 0 atom stereocenters. The fraction of sp³-hybridized carbons (Fsp3) is 0.0500. The zero-order valence-electron chi connectivity index (χ0n) is 12.5. The SMILES string of the molecule is Cc1c2ccccc2n2c(=O)oc3ccc4ccccc4c3c12. The Morgan fingerprint density at radius 2 is 1.61 bits per heavy atom. The lowest BCUT2D eigenvalue weighted by atomic mass is 10.0. The van der Waals surface area contributed by atoms with Crippen molar-refractivity contribution in [1.29, 1.82) is 0 Å². The Hall–Kier alpha value is -3.07. The van der Waals surface area contributed by atoms with Crippen LogP contribution in [0.4, 0.5) is 0 Å². The van der Waals surface area contributed by atoms with Crippen LogP contribution in [0.25, 0.3) is 38.2 Å². The van der Waals surface area contributed by atoms with Crippen LogP contribution in [0, 0.1) is 6.92 Å². The zero-order valence-corrected chi connectivity index (χ0v) is 12.5. The monoisotopic (exact) mass is 299 g/mol. The molecule has 0 aliphatic heterocycles. The first-order valence-corrected chi connectivity index (χ1v) is 7.60. The average Bonchev–Trinajstić information content (AvgIpc) is 2.89. The van der Waals surface area contributed by atoms with E-state index in [1.165, 1.54) is 0 Å². The van der Waals surface area contributed by atoms with Gasteiger partial charge < -0.3 is 4.42 Å². The number of fused-ring (bicyclic) bond motifs is 7. The Bertz CT molecular complexity index is 1290. The number of benzene rings is 3. The molecule has 0 bridgehead atoms. The van der Waals surface area contributed by atoms with Crippen LogP contribution in [0.1, 0.15) is 5.56 Å². The van der Waals surface area contributed by atoms with Gasteiger partial charge in [0.25, 0.3) is 0 Å². The van der Waals surface area contributed by atoms with Crippen LogP contribution in [0.2, 0.25) is 0 Å². The van der Waals surface area contributed by atoms with E-state index in [9.17, 15) is 4.79 Å². The van der Waals surface area contributed by atoms with E-state index >= 15 is 0 Å². The third kappa shape index (κ3) is 1.51. The molecule has 2 heterocycles. The van der Waals surface area contributed by atoms with Gasteiger partial charge >= 0.3 is 5.76 Å². The second-order valence-electron chi connectivity index (χ2n) is 5.85. The molecule has 2 aromatic heterocycles. The highest BCUT2D eigenvalue weighted by Crippen LogP contribution is 2.33. The maximum atomic E-state index is 12.6. The molecule has 0 saturated carbocycles. The van der Waals surface area contributed by atoms with Gasteiger partial charge in [0.05, 0.1) is 11.0 Å². The molecular weight excluding hydrogens is 286 g/mol. The predicted octanol–water partition coefficient (Wildman–Crippen LogP) is 4.66. The summed E-state index contributed by atoms with van der Waals surface area (Å²) in [4.78, 5) is 12.6. The molecule has 23 heavy (non-hydrogen) atoms. The molecule has 5 aromatic rings. The Kier molecular flexibility index (Phi) is 2.29. The number of para-hydroxylation sites is 1. The number of hydrogen-bond acceptors (Lipinski definition) is 2. The normalized spacial score (nSPS) is 11.9. The molecule has 110 valence electrons. The van der Waals surface area contributed by atoms with Crippen molar-refractivity contribution in [3.8, 4) is 0 Å². The van der Waals surface area contributed by atoms with E-state index in [2.05, 4.69) is 19.1 Å². The van der Waals surface area contributed by atoms with Gasteiger partial charge in [-0.15, -0.1) is 0 Å². The third-order valence-corrected chi connectivity index (χ3v) is 4.64. The summed E-state index contributed by atoms with van der Waals surface area (Å²) in [5.74, 6) is -0.341. The van der Waals surface area contributed by atoms with E-state index in [1.807, 2.05) is 48.5 Å². The Balaban J connectivity index is 2.24. The summed E-state index contributed by atoms with van der Waals surface area (Å²) in [5.41, 5.74) is 3.57. The minimum absolute atomic E-state index is 0.341. The Labute approximate surface area is 131 Å². The summed E-state index contributed by atoms with van der Waals surface area (Å²) in [6, 6.07) is 20.0. The molecule has 0 radical (unpaired) electrons. The number of aryl methyl sites for hydroxylation is 1. The van der Waals surface area contributed by atoms with Gasteiger partial charge in [0.1, 0.15) is 5.58 Å². The summed E-state index contributed by atoms with van der Waals surface area (Å²) in [6.45, 7) is 2.07. The molecule has 0 spiro atoms. The van der Waals surface area contributed by atoms with E-state index < -0.39 is 0 Å². The summed E-state index contributed by atoms with van der Waals surface area (Å²) in [7, 11) is 0. The van der Waals surface area contributed by atoms with Gasteiger partial charge in [-0.2, -0.15) is 0 Å². The summed E-state index contributed by atoms with van der Waals surface area (Å²) < 4.78 is 7.31. The van der Waals surface area contributed by atoms with Crippen molar-refractivity contribution in [2.45, 2.75) is 6.92 Å². The fourth-order valence-corrected chi connectivity index (χ4v) is 3.61. The van der Waals surface area contributed by atoms with E-state index in [0.29, 0.717) is 5.58 Å². The van der Waals surface area contributed by atoms with Crippen molar-refractivity contribution in [3.05, 3.63) is 76.8 Å². The molecule has 0 N–H and O–H groups in total. The van der Waals surface area contributed by atoms with E-state index in [0.717, 1.165) is 38.1 Å². The molecule has 0 aliphatic carbocycles. The summed E-state index contributed by atoms with van der Waals surface area (Å²) in [5, 5.41) is 4.32. The zero-order chi connectivity index (χ0) is 15.6. The number of nitrogens with zero attached hydrogens (tertiary/aromatic N) is 1. The van der Waals surface area contributed by atoms with Gasteiger partial charge in [0, 0.05) is 10.8 Å². The molecule has 0 amide bonds. The minimum Gasteiger partial charge on any atom is -0.409 e. The van der Waals surface area contributed by atoms with Gasteiger partial charge in [-0.25, -0.2) is 9.20 Å². The minimum atomic E-state index is -0.341. The molecule has 5 rings (SSSR count). The van der Waals surface area contributed by atoms with E-state index in [1.54, 1.807) is 4.40 Å². The van der Waals surface area contributed by atoms with Gasteiger partial charge in [-0.3, -0.25) is 0 Å². The van der Waals surface area contributed by atoms with Gasteiger partial charge in [0.15, 0.2) is 0 Å². The number of rotatable bonds is 0. The van der Waals surface area contributed by atoms with Gasteiger partial charge in [-0.05, 0) is 35.4 Å². The topological polar surface area (TPSA) is 34.6 Å². The molecule has 0 saturated heterocycles. The molecule has 3 nitrogen and oxygen atoms in total.